The number of nitrogens with zero attached hydrogens (tertiary/aromatic N) is 2. The number of halogens is 3. The quantitative estimate of drug-likeness (QED) is 0.403. The Labute approximate surface area is 147 Å². The molecule has 0 radical (unpaired) electrons. The minimum Gasteiger partial charge on any atom is -0.383 e. The molecule has 142 valence electrons. The number of hydrogen-bond acceptors (Lipinski definition) is 3. The number of ether oxygens (including phenoxy) is 1. The molecule has 1 rings (SSSR count). The number of benzene rings is 1. The average Bonchev–Trinajstić information content (AvgIpc) is 2.58. The molecule has 0 heterocycles. The minimum absolute atomic E-state index is 0.275. The average molecular weight is 360 g/mol. The standard InChI is InChI=1S/C17H27F3N4O/c1-21-16(22-8-5-9-24(2)10-11-25-3)23-13-14-6-4-7-15(12-14)17(18,19)20/h4,6-7,12H,5,8-11,13H2,1-3H3,(H2,21,22,23). The highest BCUT2D eigenvalue weighted by molar-refractivity contribution is 5.79. The molecule has 1 aromatic rings. The zero-order valence-corrected chi connectivity index (χ0v) is 15.0. The fraction of sp³-hybridized carbons (Fsp3) is 0.588. The van der Waals surface area contributed by atoms with Gasteiger partial charge in [-0.3, -0.25) is 4.99 Å². The maximum Gasteiger partial charge on any atom is 0.416 e. The molecule has 2 N–H and O–H groups in total. The molecule has 0 aromatic heterocycles. The van der Waals surface area contributed by atoms with Crippen LogP contribution in [0.5, 0.6) is 0 Å². The van der Waals surface area contributed by atoms with Crippen LogP contribution in [0.2, 0.25) is 0 Å². The Balaban J connectivity index is 2.35. The molecule has 25 heavy (non-hydrogen) atoms. The third-order valence-electron chi connectivity index (χ3n) is 3.62. The van der Waals surface area contributed by atoms with Gasteiger partial charge in [0.25, 0.3) is 0 Å². The van der Waals surface area contributed by atoms with E-state index in [0.29, 0.717) is 18.1 Å². The van der Waals surface area contributed by atoms with Crippen LogP contribution in [0.1, 0.15) is 17.5 Å². The Morgan fingerprint density at radius 3 is 2.64 bits per heavy atom. The van der Waals surface area contributed by atoms with Gasteiger partial charge in [-0.15, -0.1) is 0 Å². The predicted octanol–water partition coefficient (Wildman–Crippen LogP) is 2.34. The number of aliphatic imine (C=N–C) groups is 1. The second-order valence-electron chi connectivity index (χ2n) is 5.70. The van der Waals surface area contributed by atoms with Gasteiger partial charge in [-0.25, -0.2) is 0 Å². The van der Waals surface area contributed by atoms with Gasteiger partial charge in [0.15, 0.2) is 5.96 Å². The van der Waals surface area contributed by atoms with Crippen molar-refractivity contribution >= 4 is 5.96 Å². The molecular weight excluding hydrogens is 333 g/mol. The first-order chi connectivity index (χ1) is 11.9. The summed E-state index contributed by atoms with van der Waals surface area (Å²) in [6.07, 6.45) is -3.41. The van der Waals surface area contributed by atoms with Gasteiger partial charge in [-0.1, -0.05) is 12.1 Å². The summed E-state index contributed by atoms with van der Waals surface area (Å²) in [4.78, 5) is 6.25. The van der Waals surface area contributed by atoms with Crippen molar-refractivity contribution in [2.75, 3.05) is 47.4 Å². The van der Waals surface area contributed by atoms with E-state index in [1.165, 1.54) is 6.07 Å². The monoisotopic (exact) mass is 360 g/mol. The predicted molar refractivity (Wildman–Crippen MR) is 93.6 cm³/mol. The van der Waals surface area contributed by atoms with E-state index in [0.717, 1.165) is 38.2 Å². The van der Waals surface area contributed by atoms with E-state index in [2.05, 4.69) is 20.5 Å². The molecule has 0 fully saturated rings. The summed E-state index contributed by atoms with van der Waals surface area (Å²) in [6, 6.07) is 5.27. The van der Waals surface area contributed by atoms with Gasteiger partial charge >= 0.3 is 6.18 Å². The van der Waals surface area contributed by atoms with Crippen molar-refractivity contribution in [3.63, 3.8) is 0 Å². The fourth-order valence-corrected chi connectivity index (χ4v) is 2.18. The fourth-order valence-electron chi connectivity index (χ4n) is 2.18. The van der Waals surface area contributed by atoms with Crippen LogP contribution in [0.15, 0.2) is 29.3 Å². The molecule has 0 aliphatic carbocycles. The lowest BCUT2D eigenvalue weighted by Crippen LogP contribution is -2.38. The number of guanidine groups is 1. The maximum atomic E-state index is 12.7. The van der Waals surface area contributed by atoms with Gasteiger partial charge in [0.2, 0.25) is 0 Å². The summed E-state index contributed by atoms with van der Waals surface area (Å²) in [5.74, 6) is 0.567. The third kappa shape index (κ3) is 8.74. The highest BCUT2D eigenvalue weighted by Gasteiger charge is 2.30. The van der Waals surface area contributed by atoms with Crippen LogP contribution in [0.4, 0.5) is 13.2 Å². The van der Waals surface area contributed by atoms with Crippen molar-refractivity contribution in [1.29, 1.82) is 0 Å². The molecule has 0 bridgehead atoms. The topological polar surface area (TPSA) is 48.9 Å². The molecule has 5 nitrogen and oxygen atoms in total. The highest BCUT2D eigenvalue weighted by Crippen LogP contribution is 2.29. The van der Waals surface area contributed by atoms with Crippen molar-refractivity contribution in [3.8, 4) is 0 Å². The lowest BCUT2D eigenvalue weighted by atomic mass is 10.1. The minimum atomic E-state index is -4.33. The van der Waals surface area contributed by atoms with E-state index in [9.17, 15) is 13.2 Å². The molecule has 0 aliphatic heterocycles. The van der Waals surface area contributed by atoms with Crippen LogP contribution in [0, 0.1) is 0 Å². The summed E-state index contributed by atoms with van der Waals surface area (Å²) >= 11 is 0. The number of likely N-dealkylation sites (N-methyl/N-ethyl adjacent to an activating group) is 1. The summed E-state index contributed by atoms with van der Waals surface area (Å²) < 4.78 is 43.2. The van der Waals surface area contributed by atoms with Gasteiger partial charge in [-0.05, 0) is 37.7 Å². The first-order valence-electron chi connectivity index (χ1n) is 8.15. The third-order valence-corrected chi connectivity index (χ3v) is 3.62. The Hall–Kier alpha value is -1.80. The lowest BCUT2D eigenvalue weighted by molar-refractivity contribution is -0.137. The Morgan fingerprint density at radius 1 is 1.24 bits per heavy atom. The molecule has 1 aromatic carbocycles. The van der Waals surface area contributed by atoms with Crippen molar-refractivity contribution in [2.24, 2.45) is 4.99 Å². The molecule has 0 amide bonds. The van der Waals surface area contributed by atoms with Crippen molar-refractivity contribution in [2.45, 2.75) is 19.1 Å². The Bertz CT molecular complexity index is 535. The Morgan fingerprint density at radius 2 is 2.00 bits per heavy atom. The molecule has 8 heteroatoms. The van der Waals surface area contributed by atoms with E-state index in [1.807, 2.05) is 7.05 Å². The van der Waals surface area contributed by atoms with Gasteiger partial charge in [0.05, 0.1) is 12.2 Å². The number of hydrogen-bond donors (Lipinski definition) is 2. The molecule has 0 spiro atoms. The van der Waals surface area contributed by atoms with E-state index < -0.39 is 11.7 Å². The maximum absolute atomic E-state index is 12.7. The van der Waals surface area contributed by atoms with E-state index in [1.54, 1.807) is 20.2 Å². The molecule has 0 atom stereocenters. The van der Waals surface area contributed by atoms with Crippen LogP contribution in [-0.2, 0) is 17.5 Å². The summed E-state index contributed by atoms with van der Waals surface area (Å²) in [5, 5.41) is 6.18. The normalized spacial score (nSPS) is 12.5. The number of rotatable bonds is 9. The lowest BCUT2D eigenvalue weighted by Gasteiger charge is -2.17. The van der Waals surface area contributed by atoms with Crippen LogP contribution in [0.3, 0.4) is 0 Å². The second kappa shape index (κ2) is 10.9. The summed E-state index contributed by atoms with van der Waals surface area (Å²) in [6.45, 7) is 3.49. The largest absolute Gasteiger partial charge is 0.416 e. The Kier molecular flexibility index (Phi) is 9.30. The van der Waals surface area contributed by atoms with Crippen LogP contribution >= 0.6 is 0 Å². The zero-order valence-electron chi connectivity index (χ0n) is 15.0. The van der Waals surface area contributed by atoms with Crippen molar-refractivity contribution < 1.29 is 17.9 Å². The van der Waals surface area contributed by atoms with Crippen molar-refractivity contribution in [3.05, 3.63) is 35.4 Å². The molecule has 0 saturated heterocycles. The van der Waals surface area contributed by atoms with Crippen LogP contribution in [-0.4, -0.2) is 58.3 Å². The number of alkyl halides is 3. The van der Waals surface area contributed by atoms with Crippen molar-refractivity contribution in [1.82, 2.24) is 15.5 Å². The van der Waals surface area contributed by atoms with E-state index >= 15 is 0 Å². The van der Waals surface area contributed by atoms with Gasteiger partial charge < -0.3 is 20.3 Å². The molecule has 0 unspecified atom stereocenters. The van der Waals surface area contributed by atoms with Crippen LogP contribution < -0.4 is 10.6 Å². The second-order valence-corrected chi connectivity index (χ2v) is 5.70. The number of methoxy groups -OCH3 is 1. The first-order valence-corrected chi connectivity index (χ1v) is 8.15. The smallest absolute Gasteiger partial charge is 0.383 e. The van der Waals surface area contributed by atoms with Gasteiger partial charge in [-0.2, -0.15) is 13.2 Å². The number of nitrogens with one attached hydrogen (secondary N) is 2. The first kappa shape index (κ1) is 21.2. The van der Waals surface area contributed by atoms with E-state index in [4.69, 9.17) is 4.74 Å². The van der Waals surface area contributed by atoms with Gasteiger partial charge in [0, 0.05) is 33.8 Å². The molecule has 0 aliphatic rings. The zero-order chi connectivity index (χ0) is 18.7. The summed E-state index contributed by atoms with van der Waals surface area (Å²) in [5.41, 5.74) is -0.0917. The van der Waals surface area contributed by atoms with Crippen LogP contribution in [0.25, 0.3) is 0 Å². The van der Waals surface area contributed by atoms with E-state index in [-0.39, 0.29) is 6.54 Å². The molecular formula is C17H27F3N4O. The van der Waals surface area contributed by atoms with Gasteiger partial charge in [0.1, 0.15) is 0 Å². The summed E-state index contributed by atoms with van der Waals surface area (Å²) in [7, 11) is 5.33. The molecule has 0 saturated carbocycles. The highest BCUT2D eigenvalue weighted by atomic mass is 19.4. The SMILES string of the molecule is CN=C(NCCCN(C)CCOC)NCc1cccc(C(F)(F)F)c1.